The lowest BCUT2D eigenvalue weighted by molar-refractivity contribution is -0.479. The van der Waals surface area contributed by atoms with E-state index in [0.29, 0.717) is 39.1 Å². The van der Waals surface area contributed by atoms with Crippen molar-refractivity contribution in [1.29, 1.82) is 0 Å². The van der Waals surface area contributed by atoms with Gasteiger partial charge in [0.1, 0.15) is 23.4 Å². The molecule has 0 N–H and O–H groups in total. The van der Waals surface area contributed by atoms with Crippen LogP contribution in [0.1, 0.15) is 22.2 Å². The van der Waals surface area contributed by atoms with E-state index in [4.69, 9.17) is 14.2 Å². The number of hydrogen-bond acceptors (Lipinski definition) is 8. The first-order chi connectivity index (χ1) is 17.9. The van der Waals surface area contributed by atoms with Gasteiger partial charge in [-0.1, -0.05) is 42.1 Å². The number of thioether (sulfide) groups is 1. The van der Waals surface area contributed by atoms with Gasteiger partial charge in [-0.2, -0.15) is 0 Å². The van der Waals surface area contributed by atoms with Gasteiger partial charge in [0.25, 0.3) is 0 Å². The predicted molar refractivity (Wildman–Crippen MR) is 145 cm³/mol. The smallest absolute Gasteiger partial charge is 0.220 e. The average molecular weight is 585 g/mol. The first-order valence-corrected chi connectivity index (χ1v) is 13.0. The second kappa shape index (κ2) is 12.1. The van der Waals surface area contributed by atoms with Crippen molar-refractivity contribution >= 4 is 27.7 Å². The second-order valence-electron chi connectivity index (χ2n) is 7.99. The molecule has 0 aliphatic rings. The summed E-state index contributed by atoms with van der Waals surface area (Å²) in [6.07, 6.45) is 0. The van der Waals surface area contributed by atoms with E-state index in [0.717, 1.165) is 17.0 Å². The molecule has 37 heavy (non-hydrogen) atoms. The molecule has 11 heteroatoms. The number of nitro groups is 1. The van der Waals surface area contributed by atoms with Gasteiger partial charge < -0.3 is 14.2 Å². The minimum atomic E-state index is -0.566. The molecule has 3 aromatic carbocycles. The highest BCUT2D eigenvalue weighted by Crippen LogP contribution is 2.43. The minimum absolute atomic E-state index is 0.320. The molecule has 9 nitrogen and oxygen atoms in total. The van der Waals surface area contributed by atoms with Gasteiger partial charge in [0.15, 0.2) is 16.7 Å². The molecule has 0 aliphatic carbocycles. The Morgan fingerprint density at radius 2 is 1.78 bits per heavy atom. The fraction of sp³-hybridized carbons (Fsp3) is 0.231. The van der Waals surface area contributed by atoms with Crippen molar-refractivity contribution in [3.63, 3.8) is 0 Å². The lowest BCUT2D eigenvalue weighted by atomic mass is 10.1. The summed E-state index contributed by atoms with van der Waals surface area (Å²) in [6.45, 7) is 1.87. The van der Waals surface area contributed by atoms with Crippen LogP contribution in [0.3, 0.4) is 0 Å². The Bertz CT molecular complexity index is 1370. The molecule has 192 valence electrons. The minimum Gasteiger partial charge on any atom is -0.497 e. The van der Waals surface area contributed by atoms with Crippen molar-refractivity contribution < 1.29 is 19.1 Å². The summed E-state index contributed by atoms with van der Waals surface area (Å²) >= 11 is 4.84. The summed E-state index contributed by atoms with van der Waals surface area (Å²) < 4.78 is 19.4. The predicted octanol–water partition coefficient (Wildman–Crippen LogP) is 6.04. The topological polar surface area (TPSA) is 102 Å². The van der Waals surface area contributed by atoms with Crippen LogP contribution in [0.5, 0.6) is 17.2 Å². The molecule has 0 spiro atoms. The quantitative estimate of drug-likeness (QED) is 0.119. The van der Waals surface area contributed by atoms with Crippen LogP contribution >= 0.6 is 27.7 Å². The number of aromatic nitrogens is 3. The standard InChI is InChI=1S/C26H25BrN4O5S/c1-17-28-29-26(31(17)20-9-11-21(34-2)12-10-20)37-24(15-30(32)33)19-13-22(27)25(23(14-19)35-3)36-16-18-7-5-4-6-8-18/h4-14,24H,15-16H2,1-3H3/t24-/m1/s1. The second-order valence-corrected chi connectivity index (χ2v) is 10.0. The van der Waals surface area contributed by atoms with Gasteiger partial charge in [0.05, 0.1) is 18.7 Å². The summed E-state index contributed by atoms with van der Waals surface area (Å²) in [5.41, 5.74) is 2.53. The van der Waals surface area contributed by atoms with Crippen molar-refractivity contribution in [2.45, 2.75) is 23.9 Å². The van der Waals surface area contributed by atoms with Gasteiger partial charge in [-0.15, -0.1) is 10.2 Å². The SMILES string of the molecule is COc1ccc(-n2c(C)nnc2S[C@H](C[N+](=O)[O-])c2cc(Br)c(OCc3ccccc3)c(OC)c2)cc1. The van der Waals surface area contributed by atoms with E-state index in [9.17, 15) is 10.1 Å². The Morgan fingerprint density at radius 1 is 1.05 bits per heavy atom. The summed E-state index contributed by atoms with van der Waals surface area (Å²) in [5.74, 6) is 2.39. The third kappa shape index (κ3) is 6.41. The van der Waals surface area contributed by atoms with Gasteiger partial charge in [-0.3, -0.25) is 14.7 Å². The molecule has 1 heterocycles. The van der Waals surface area contributed by atoms with Gasteiger partial charge in [-0.05, 0) is 70.4 Å². The highest BCUT2D eigenvalue weighted by Gasteiger charge is 2.26. The van der Waals surface area contributed by atoms with Crippen LogP contribution in [0.25, 0.3) is 5.69 Å². The number of nitrogens with zero attached hydrogens (tertiary/aromatic N) is 4. The number of benzene rings is 3. The van der Waals surface area contributed by atoms with E-state index in [1.54, 1.807) is 20.3 Å². The molecular formula is C26H25BrN4O5S. The van der Waals surface area contributed by atoms with Crippen LogP contribution in [0.2, 0.25) is 0 Å². The number of hydrogen-bond donors (Lipinski definition) is 0. The van der Waals surface area contributed by atoms with E-state index in [2.05, 4.69) is 26.1 Å². The maximum Gasteiger partial charge on any atom is 0.220 e. The van der Waals surface area contributed by atoms with E-state index in [1.165, 1.54) is 11.8 Å². The molecule has 0 amide bonds. The summed E-state index contributed by atoms with van der Waals surface area (Å²) in [7, 11) is 3.15. The van der Waals surface area contributed by atoms with Crippen LogP contribution in [0.15, 0.2) is 76.4 Å². The largest absolute Gasteiger partial charge is 0.497 e. The Balaban J connectivity index is 1.65. The van der Waals surface area contributed by atoms with Crippen LogP contribution in [-0.4, -0.2) is 40.5 Å². The van der Waals surface area contributed by atoms with Crippen molar-refractivity contribution in [3.8, 4) is 22.9 Å². The molecule has 1 aromatic heterocycles. The van der Waals surface area contributed by atoms with Crippen LogP contribution in [0.4, 0.5) is 0 Å². The first kappa shape index (κ1) is 26.5. The normalized spacial score (nSPS) is 11.7. The highest BCUT2D eigenvalue weighted by atomic mass is 79.9. The van der Waals surface area contributed by atoms with Gasteiger partial charge in [0.2, 0.25) is 6.54 Å². The number of aryl methyl sites for hydroxylation is 1. The molecule has 0 bridgehead atoms. The molecule has 0 saturated heterocycles. The molecular weight excluding hydrogens is 560 g/mol. The highest BCUT2D eigenvalue weighted by molar-refractivity contribution is 9.10. The third-order valence-electron chi connectivity index (χ3n) is 5.54. The van der Waals surface area contributed by atoms with E-state index < -0.39 is 5.25 Å². The average Bonchev–Trinajstić information content (AvgIpc) is 3.27. The van der Waals surface area contributed by atoms with Gasteiger partial charge in [0, 0.05) is 10.6 Å². The number of methoxy groups -OCH3 is 2. The fourth-order valence-electron chi connectivity index (χ4n) is 3.72. The molecule has 0 saturated carbocycles. The summed E-state index contributed by atoms with van der Waals surface area (Å²) in [4.78, 5) is 11.3. The lowest BCUT2D eigenvalue weighted by Gasteiger charge is -2.18. The van der Waals surface area contributed by atoms with Crippen molar-refractivity contribution in [1.82, 2.24) is 14.8 Å². The number of rotatable bonds is 11. The maximum absolute atomic E-state index is 11.6. The van der Waals surface area contributed by atoms with Gasteiger partial charge in [-0.25, -0.2) is 0 Å². The molecule has 0 aliphatic heterocycles. The zero-order valence-corrected chi connectivity index (χ0v) is 22.9. The van der Waals surface area contributed by atoms with Crippen molar-refractivity contribution in [2.24, 2.45) is 0 Å². The Kier molecular flexibility index (Phi) is 8.67. The van der Waals surface area contributed by atoms with Crippen molar-refractivity contribution in [3.05, 3.63) is 98.3 Å². The van der Waals surface area contributed by atoms with E-state index >= 15 is 0 Å². The maximum atomic E-state index is 11.6. The number of halogens is 1. The first-order valence-electron chi connectivity index (χ1n) is 11.3. The Morgan fingerprint density at radius 3 is 2.43 bits per heavy atom. The number of ether oxygens (including phenoxy) is 3. The zero-order valence-electron chi connectivity index (χ0n) is 20.5. The zero-order chi connectivity index (χ0) is 26.4. The Hall–Kier alpha value is -3.57. The van der Waals surface area contributed by atoms with Gasteiger partial charge >= 0.3 is 0 Å². The van der Waals surface area contributed by atoms with Crippen LogP contribution in [-0.2, 0) is 6.61 Å². The van der Waals surface area contributed by atoms with Crippen molar-refractivity contribution in [2.75, 3.05) is 20.8 Å². The molecule has 0 fully saturated rings. The third-order valence-corrected chi connectivity index (χ3v) is 7.31. The molecule has 4 aromatic rings. The summed E-state index contributed by atoms with van der Waals surface area (Å²) in [6, 6.07) is 20.8. The summed E-state index contributed by atoms with van der Waals surface area (Å²) in [5, 5.41) is 20.1. The molecule has 1 atom stereocenters. The van der Waals surface area contributed by atoms with Crippen LogP contribution in [0, 0.1) is 17.0 Å². The molecule has 0 radical (unpaired) electrons. The molecule has 0 unspecified atom stereocenters. The monoisotopic (exact) mass is 584 g/mol. The molecule has 4 rings (SSSR count). The van der Waals surface area contributed by atoms with E-state index in [-0.39, 0.29) is 11.5 Å². The fourth-order valence-corrected chi connectivity index (χ4v) is 5.44. The van der Waals surface area contributed by atoms with Crippen LogP contribution < -0.4 is 14.2 Å². The van der Waals surface area contributed by atoms with E-state index in [1.807, 2.05) is 72.2 Å². The Labute approximate surface area is 227 Å². The lowest BCUT2D eigenvalue weighted by Crippen LogP contribution is -2.12.